The first-order valence-corrected chi connectivity index (χ1v) is 17.0. The zero-order chi connectivity index (χ0) is 31.1. The molecule has 0 saturated heterocycles. The molecule has 4 nitrogen and oxygen atoms in total. The van der Waals surface area contributed by atoms with Crippen molar-refractivity contribution in [2.24, 2.45) is 0 Å². The number of furan rings is 1. The van der Waals surface area contributed by atoms with Crippen LogP contribution < -0.4 is 25.9 Å². The van der Waals surface area contributed by atoms with Gasteiger partial charge in [0.05, 0.1) is 22.1 Å². The summed E-state index contributed by atoms with van der Waals surface area (Å²) in [6, 6.07) is 47.0. The van der Waals surface area contributed by atoms with Crippen molar-refractivity contribution in [3.8, 4) is 28.7 Å². The van der Waals surface area contributed by atoms with Crippen LogP contribution in [0.1, 0.15) is 0 Å². The maximum atomic E-state index is 6.81. The Kier molecular flexibility index (Phi) is 4.65. The Labute approximate surface area is 278 Å². The molecular weight excluding hydrogens is 609 g/mol. The molecule has 2 aliphatic rings. The van der Waals surface area contributed by atoms with Crippen molar-refractivity contribution < 1.29 is 13.9 Å². The van der Waals surface area contributed by atoms with Crippen molar-refractivity contribution in [3.63, 3.8) is 0 Å². The highest BCUT2D eigenvalue weighted by molar-refractivity contribution is 7.27. The summed E-state index contributed by atoms with van der Waals surface area (Å²) in [4.78, 5) is 0. The van der Waals surface area contributed by atoms with Crippen molar-refractivity contribution in [3.05, 3.63) is 133 Å². The number of nitrogens with zero attached hydrogens (tertiary/aromatic N) is 1. The van der Waals surface area contributed by atoms with Crippen LogP contribution in [0.2, 0.25) is 0 Å². The first kappa shape index (κ1) is 25.2. The zero-order valence-corrected chi connectivity index (χ0v) is 26.2. The number of benzene rings is 7. The molecule has 0 aliphatic carbocycles. The van der Waals surface area contributed by atoms with E-state index >= 15 is 0 Å². The van der Waals surface area contributed by atoms with Gasteiger partial charge in [0.2, 0.25) is 0 Å². The molecule has 222 valence electrons. The maximum absolute atomic E-state index is 6.81. The van der Waals surface area contributed by atoms with E-state index in [1.165, 1.54) is 30.9 Å². The number of aromatic nitrogens is 1. The lowest BCUT2D eigenvalue weighted by atomic mass is 9.35. The highest BCUT2D eigenvalue weighted by Gasteiger charge is 2.40. The second kappa shape index (κ2) is 8.88. The topological polar surface area (TPSA) is 36.5 Å². The van der Waals surface area contributed by atoms with Gasteiger partial charge in [-0.05, 0) is 41.3 Å². The Hall–Kier alpha value is -5.98. The van der Waals surface area contributed by atoms with Gasteiger partial charge in [0.15, 0.2) is 0 Å². The van der Waals surface area contributed by atoms with Gasteiger partial charge in [-0.1, -0.05) is 91.0 Å². The van der Waals surface area contributed by atoms with Gasteiger partial charge < -0.3 is 18.5 Å². The van der Waals surface area contributed by atoms with Gasteiger partial charge in [-0.2, -0.15) is 0 Å². The van der Waals surface area contributed by atoms with Crippen LogP contribution >= 0.6 is 11.3 Å². The fourth-order valence-electron chi connectivity index (χ4n) is 8.39. The molecule has 0 atom stereocenters. The van der Waals surface area contributed by atoms with Crippen LogP contribution in [0.3, 0.4) is 0 Å². The third-order valence-electron chi connectivity index (χ3n) is 10.3. The summed E-state index contributed by atoms with van der Waals surface area (Å²) in [5, 5.41) is 7.08. The Bertz CT molecular complexity index is 2940. The molecule has 6 heteroatoms. The van der Waals surface area contributed by atoms with E-state index < -0.39 is 0 Å². The van der Waals surface area contributed by atoms with Crippen LogP contribution in [0.15, 0.2) is 138 Å². The largest absolute Gasteiger partial charge is 0.458 e. The molecule has 0 N–H and O–H groups in total. The molecule has 0 radical (unpaired) electrons. The number of rotatable bonds is 1. The van der Waals surface area contributed by atoms with Crippen LogP contribution in [0.4, 0.5) is 0 Å². The average molecular weight is 632 g/mol. The fraction of sp³-hybridized carbons (Fsp3) is 0. The minimum atomic E-state index is 0.0276. The predicted octanol–water partition coefficient (Wildman–Crippen LogP) is 9.78. The normalized spacial score (nSPS) is 13.3. The highest BCUT2D eigenvalue weighted by atomic mass is 32.1. The Morgan fingerprint density at radius 3 is 1.94 bits per heavy atom. The molecule has 5 heterocycles. The van der Waals surface area contributed by atoms with Crippen molar-refractivity contribution >= 4 is 98.4 Å². The van der Waals surface area contributed by atoms with Gasteiger partial charge >= 0.3 is 0 Å². The number of hydrogen-bond donors (Lipinski definition) is 0. The minimum Gasteiger partial charge on any atom is -0.458 e. The average Bonchev–Trinajstić information content (AvgIpc) is 3.81. The first-order valence-electron chi connectivity index (χ1n) is 16.2. The van der Waals surface area contributed by atoms with E-state index in [-0.39, 0.29) is 6.71 Å². The van der Waals surface area contributed by atoms with Crippen LogP contribution in [0.5, 0.6) is 23.0 Å². The standard InChI is InChI=1S/C42H22BNO3S/c1-6-16-29-24(11-1)37-40(36-25-12-2-7-17-30(25)47-41(36)38-26-13-3-10-20-35(26)48-42(37)38)44(29)23-21-33-39-34(22-23)46-32-19-9-5-15-28(32)43(39)27-14-4-8-18-31(27)45-33/h1-22H. The monoisotopic (exact) mass is 631 g/mol. The molecule has 0 saturated carbocycles. The molecule has 0 amide bonds. The second-order valence-corrected chi connectivity index (χ2v) is 13.8. The van der Waals surface area contributed by atoms with Gasteiger partial charge in [0.25, 0.3) is 6.71 Å². The van der Waals surface area contributed by atoms with Gasteiger partial charge in [-0.25, -0.2) is 0 Å². The summed E-state index contributed by atoms with van der Waals surface area (Å²) in [5.74, 6) is 3.41. The van der Waals surface area contributed by atoms with Crippen LogP contribution in [-0.2, 0) is 0 Å². The van der Waals surface area contributed by atoms with Crippen molar-refractivity contribution in [1.29, 1.82) is 0 Å². The summed E-state index contributed by atoms with van der Waals surface area (Å²) in [6.07, 6.45) is 0. The van der Waals surface area contributed by atoms with E-state index in [9.17, 15) is 0 Å². The van der Waals surface area contributed by atoms with Gasteiger partial charge in [-0.15, -0.1) is 11.3 Å². The summed E-state index contributed by atoms with van der Waals surface area (Å²) in [7, 11) is 0. The van der Waals surface area contributed by atoms with Crippen LogP contribution in [0, 0.1) is 0 Å². The van der Waals surface area contributed by atoms with Gasteiger partial charge in [-0.3, -0.25) is 0 Å². The van der Waals surface area contributed by atoms with E-state index in [1.807, 2.05) is 23.5 Å². The fourth-order valence-corrected chi connectivity index (χ4v) is 9.65. The van der Waals surface area contributed by atoms with E-state index in [0.29, 0.717) is 0 Å². The molecule has 2 aliphatic heterocycles. The number of thiophene rings is 1. The summed E-state index contributed by atoms with van der Waals surface area (Å²) in [6.45, 7) is 0.0276. The molecule has 10 aromatic rings. The minimum absolute atomic E-state index is 0.0276. The maximum Gasteiger partial charge on any atom is 0.260 e. The Balaban J connectivity index is 1.27. The molecule has 48 heavy (non-hydrogen) atoms. The van der Waals surface area contributed by atoms with E-state index in [2.05, 4.69) is 126 Å². The number of para-hydroxylation sites is 4. The van der Waals surface area contributed by atoms with Crippen molar-refractivity contribution in [2.75, 3.05) is 0 Å². The first-order chi connectivity index (χ1) is 23.8. The SMILES string of the molecule is c1ccc2c(c1)Oc1cc(-n3c4ccccc4c4c5sc6ccccc6c5c5oc6ccccc6c5c43)cc3c1B2c1ccccc1O3. The Morgan fingerprint density at radius 1 is 0.542 bits per heavy atom. The zero-order valence-electron chi connectivity index (χ0n) is 25.4. The lowest BCUT2D eigenvalue weighted by Gasteiger charge is -2.33. The summed E-state index contributed by atoms with van der Waals surface area (Å²) >= 11 is 1.84. The summed E-state index contributed by atoms with van der Waals surface area (Å²) in [5.41, 5.74) is 8.44. The highest BCUT2D eigenvalue weighted by Crippen LogP contribution is 2.51. The third kappa shape index (κ3) is 3.06. The molecule has 0 fully saturated rings. The number of fused-ring (bicyclic) bond motifs is 16. The van der Waals surface area contributed by atoms with Crippen LogP contribution in [-0.4, -0.2) is 11.3 Å². The predicted molar refractivity (Wildman–Crippen MR) is 199 cm³/mol. The lowest BCUT2D eigenvalue weighted by molar-refractivity contribution is 0.464. The van der Waals surface area contributed by atoms with Crippen LogP contribution in [0.25, 0.3) is 69.6 Å². The Morgan fingerprint density at radius 2 is 1.17 bits per heavy atom. The summed E-state index contributed by atoms with van der Waals surface area (Å²) < 4.78 is 25.2. The molecule has 0 bridgehead atoms. The van der Waals surface area contributed by atoms with Gasteiger partial charge in [0.1, 0.15) is 34.2 Å². The molecule has 7 aromatic carbocycles. The molecule has 3 aromatic heterocycles. The van der Waals surface area contributed by atoms with E-state index in [1.54, 1.807) is 0 Å². The smallest absolute Gasteiger partial charge is 0.260 e. The molecular formula is C42H22BNO3S. The second-order valence-electron chi connectivity index (χ2n) is 12.7. The van der Waals surface area contributed by atoms with Crippen molar-refractivity contribution in [2.45, 2.75) is 0 Å². The van der Waals surface area contributed by atoms with E-state index in [4.69, 9.17) is 13.9 Å². The lowest BCUT2D eigenvalue weighted by Crippen LogP contribution is -2.57. The van der Waals surface area contributed by atoms with E-state index in [0.717, 1.165) is 78.0 Å². The van der Waals surface area contributed by atoms with Crippen molar-refractivity contribution in [1.82, 2.24) is 4.57 Å². The molecule has 0 spiro atoms. The van der Waals surface area contributed by atoms with Gasteiger partial charge in [0, 0.05) is 53.9 Å². The quantitative estimate of drug-likeness (QED) is 0.169. The number of hydrogen-bond acceptors (Lipinski definition) is 4. The molecule has 0 unspecified atom stereocenters. The number of ether oxygens (including phenoxy) is 2. The molecule has 12 rings (SSSR count). The third-order valence-corrected chi connectivity index (χ3v) is 11.5.